The Labute approximate surface area is 175 Å². The van der Waals surface area contributed by atoms with Crippen molar-refractivity contribution in [3.8, 4) is 5.69 Å². The van der Waals surface area contributed by atoms with E-state index in [2.05, 4.69) is 10.4 Å². The summed E-state index contributed by atoms with van der Waals surface area (Å²) in [5.41, 5.74) is 4.01. The Morgan fingerprint density at radius 3 is 2.43 bits per heavy atom. The molecule has 1 fully saturated rings. The number of rotatable bonds is 5. The number of hydrogen-bond acceptors (Lipinski definition) is 3. The van der Waals surface area contributed by atoms with Crippen molar-refractivity contribution in [3.05, 3.63) is 82.9 Å². The molecule has 0 radical (unpaired) electrons. The van der Waals surface area contributed by atoms with Gasteiger partial charge < -0.3 is 10.1 Å². The first-order valence-electron chi connectivity index (χ1n) is 10.2. The lowest BCUT2D eigenvalue weighted by atomic mass is 9.73. The summed E-state index contributed by atoms with van der Waals surface area (Å²) >= 11 is 0. The monoisotopic (exact) mass is 407 g/mol. The van der Waals surface area contributed by atoms with Gasteiger partial charge in [0.2, 0.25) is 5.91 Å². The molecule has 1 saturated heterocycles. The molecule has 0 saturated carbocycles. The Kier molecular flexibility index (Phi) is 5.68. The highest BCUT2D eigenvalue weighted by Gasteiger charge is 2.41. The largest absolute Gasteiger partial charge is 0.381 e. The number of carbonyl (C=O) groups is 1. The van der Waals surface area contributed by atoms with Crippen LogP contribution < -0.4 is 5.32 Å². The van der Waals surface area contributed by atoms with Gasteiger partial charge in [0, 0.05) is 31.0 Å². The molecule has 2 heterocycles. The summed E-state index contributed by atoms with van der Waals surface area (Å²) in [5.74, 6) is -0.357. The maximum Gasteiger partial charge on any atom is 0.231 e. The first-order valence-corrected chi connectivity index (χ1v) is 10.2. The van der Waals surface area contributed by atoms with Crippen LogP contribution in [-0.4, -0.2) is 28.9 Å². The summed E-state index contributed by atoms with van der Waals surface area (Å²) in [4.78, 5) is 13.4. The molecule has 1 aliphatic rings. The third-order valence-electron chi connectivity index (χ3n) is 6.05. The fraction of sp³-hybridized carbons (Fsp3) is 0.333. The lowest BCUT2D eigenvalue weighted by Gasteiger charge is -2.36. The Morgan fingerprint density at radius 1 is 1.10 bits per heavy atom. The molecule has 0 bridgehead atoms. The first-order chi connectivity index (χ1) is 14.5. The highest BCUT2D eigenvalue weighted by molar-refractivity contribution is 5.88. The average molecular weight is 407 g/mol. The van der Waals surface area contributed by atoms with Gasteiger partial charge in [0.05, 0.1) is 16.8 Å². The molecule has 3 aromatic rings. The number of aryl methyl sites for hydroxylation is 1. The van der Waals surface area contributed by atoms with Gasteiger partial charge in [-0.25, -0.2) is 9.07 Å². The van der Waals surface area contributed by atoms with Gasteiger partial charge in [-0.05, 0) is 56.5 Å². The fourth-order valence-electron chi connectivity index (χ4n) is 4.22. The summed E-state index contributed by atoms with van der Waals surface area (Å²) in [5, 5.41) is 7.79. The number of halogens is 1. The Balaban J connectivity index is 1.57. The lowest BCUT2D eigenvalue weighted by molar-refractivity contribution is -0.130. The minimum Gasteiger partial charge on any atom is -0.381 e. The van der Waals surface area contributed by atoms with E-state index in [1.165, 1.54) is 12.1 Å². The second kappa shape index (κ2) is 8.40. The van der Waals surface area contributed by atoms with Gasteiger partial charge in [0.25, 0.3) is 0 Å². The second-order valence-corrected chi connectivity index (χ2v) is 7.78. The van der Waals surface area contributed by atoms with Crippen LogP contribution in [0.15, 0.2) is 54.6 Å². The van der Waals surface area contributed by atoms with E-state index >= 15 is 0 Å². The normalized spacial score (nSPS) is 15.7. The van der Waals surface area contributed by atoms with Crippen LogP contribution in [0.3, 0.4) is 0 Å². The van der Waals surface area contributed by atoms with Crippen molar-refractivity contribution in [1.29, 1.82) is 0 Å². The van der Waals surface area contributed by atoms with Gasteiger partial charge in [-0.2, -0.15) is 5.10 Å². The minimum absolute atomic E-state index is 0.0522. The zero-order valence-electron chi connectivity index (χ0n) is 17.3. The van der Waals surface area contributed by atoms with E-state index in [0.29, 0.717) is 32.6 Å². The Morgan fingerprint density at radius 2 is 1.77 bits per heavy atom. The number of aromatic nitrogens is 2. The standard InChI is InChI=1S/C24H26FN3O2/c1-17-22(18(2)28(27-17)21-6-4-3-5-7-21)16-26-23(29)24(12-14-30-15-13-24)19-8-10-20(25)11-9-19/h3-11H,12-16H2,1-2H3,(H,26,29). The number of nitrogens with one attached hydrogen (secondary N) is 1. The maximum absolute atomic E-state index is 13.4. The van der Waals surface area contributed by atoms with E-state index in [-0.39, 0.29) is 11.7 Å². The Hall–Kier alpha value is -2.99. The van der Waals surface area contributed by atoms with Crippen LogP contribution in [0.25, 0.3) is 5.69 Å². The van der Waals surface area contributed by atoms with Crippen LogP contribution in [0, 0.1) is 19.7 Å². The third-order valence-corrected chi connectivity index (χ3v) is 6.05. The van der Waals surface area contributed by atoms with Crippen molar-refractivity contribution in [2.24, 2.45) is 0 Å². The molecule has 0 spiro atoms. The van der Waals surface area contributed by atoms with Gasteiger partial charge in [0.15, 0.2) is 0 Å². The molecular formula is C24H26FN3O2. The van der Waals surface area contributed by atoms with Crippen LogP contribution in [0.2, 0.25) is 0 Å². The van der Waals surface area contributed by atoms with Gasteiger partial charge in [-0.1, -0.05) is 30.3 Å². The molecule has 156 valence electrons. The van der Waals surface area contributed by atoms with E-state index in [1.807, 2.05) is 48.9 Å². The van der Waals surface area contributed by atoms with Crippen LogP contribution >= 0.6 is 0 Å². The van der Waals surface area contributed by atoms with Crippen molar-refractivity contribution in [2.45, 2.75) is 38.6 Å². The second-order valence-electron chi connectivity index (χ2n) is 7.78. The van der Waals surface area contributed by atoms with Crippen LogP contribution in [0.5, 0.6) is 0 Å². The predicted octanol–water partition coefficient (Wildman–Crippen LogP) is 3.99. The Bertz CT molecular complexity index is 1020. The molecule has 2 aromatic carbocycles. The summed E-state index contributed by atoms with van der Waals surface area (Å²) in [6.45, 7) is 5.38. The van der Waals surface area contributed by atoms with Crippen molar-refractivity contribution < 1.29 is 13.9 Å². The number of hydrogen-bond donors (Lipinski definition) is 1. The van der Waals surface area contributed by atoms with E-state index < -0.39 is 5.41 Å². The molecule has 1 aliphatic heterocycles. The average Bonchev–Trinajstić information content (AvgIpc) is 3.07. The van der Waals surface area contributed by atoms with Crippen LogP contribution in [0.1, 0.15) is 35.4 Å². The smallest absolute Gasteiger partial charge is 0.231 e. The molecule has 6 heteroatoms. The zero-order chi connectivity index (χ0) is 21.1. The zero-order valence-corrected chi connectivity index (χ0v) is 17.3. The molecule has 4 rings (SSSR count). The number of carbonyl (C=O) groups excluding carboxylic acids is 1. The third kappa shape index (κ3) is 3.75. The molecule has 30 heavy (non-hydrogen) atoms. The maximum atomic E-state index is 13.4. The molecule has 0 atom stereocenters. The molecule has 0 unspecified atom stereocenters. The highest BCUT2D eigenvalue weighted by Crippen LogP contribution is 2.35. The van der Waals surface area contributed by atoms with Crippen molar-refractivity contribution in [1.82, 2.24) is 15.1 Å². The molecule has 0 aliphatic carbocycles. The van der Waals surface area contributed by atoms with Crippen molar-refractivity contribution in [2.75, 3.05) is 13.2 Å². The summed E-state index contributed by atoms with van der Waals surface area (Å²) in [6, 6.07) is 16.2. The quantitative estimate of drug-likeness (QED) is 0.696. The summed E-state index contributed by atoms with van der Waals surface area (Å²) in [7, 11) is 0. The minimum atomic E-state index is -0.705. The molecule has 5 nitrogen and oxygen atoms in total. The number of nitrogens with zero attached hydrogens (tertiary/aromatic N) is 2. The lowest BCUT2D eigenvalue weighted by Crippen LogP contribution is -2.47. The van der Waals surface area contributed by atoms with Crippen molar-refractivity contribution >= 4 is 5.91 Å². The SMILES string of the molecule is Cc1nn(-c2ccccc2)c(C)c1CNC(=O)C1(c2ccc(F)cc2)CCOCC1. The van der Waals surface area contributed by atoms with Crippen LogP contribution in [-0.2, 0) is 21.5 Å². The van der Waals surface area contributed by atoms with Crippen molar-refractivity contribution in [3.63, 3.8) is 0 Å². The fourth-order valence-corrected chi connectivity index (χ4v) is 4.22. The van der Waals surface area contributed by atoms with Gasteiger partial charge in [-0.3, -0.25) is 4.79 Å². The predicted molar refractivity (Wildman–Crippen MR) is 113 cm³/mol. The van der Waals surface area contributed by atoms with E-state index in [4.69, 9.17) is 4.74 Å². The summed E-state index contributed by atoms with van der Waals surface area (Å²) < 4.78 is 20.9. The number of amides is 1. The highest BCUT2D eigenvalue weighted by atomic mass is 19.1. The molecular weight excluding hydrogens is 381 g/mol. The van der Waals surface area contributed by atoms with Gasteiger partial charge in [0.1, 0.15) is 5.82 Å². The molecule has 1 amide bonds. The van der Waals surface area contributed by atoms with Gasteiger partial charge >= 0.3 is 0 Å². The summed E-state index contributed by atoms with van der Waals surface area (Å²) in [6.07, 6.45) is 1.15. The number of ether oxygens (including phenoxy) is 1. The number of benzene rings is 2. The van der Waals surface area contributed by atoms with E-state index in [0.717, 1.165) is 28.2 Å². The number of para-hydroxylation sites is 1. The van der Waals surface area contributed by atoms with E-state index in [1.54, 1.807) is 12.1 Å². The topological polar surface area (TPSA) is 56.2 Å². The van der Waals surface area contributed by atoms with E-state index in [9.17, 15) is 9.18 Å². The first kappa shape index (κ1) is 20.3. The van der Waals surface area contributed by atoms with Gasteiger partial charge in [-0.15, -0.1) is 0 Å². The molecule has 1 N–H and O–H groups in total. The van der Waals surface area contributed by atoms with Crippen LogP contribution in [0.4, 0.5) is 4.39 Å². The molecule has 1 aromatic heterocycles.